The van der Waals surface area contributed by atoms with E-state index in [0.717, 1.165) is 5.01 Å². The second-order valence-electron chi connectivity index (χ2n) is 6.32. The molecule has 7 nitrogen and oxygen atoms in total. The number of imide groups is 1. The van der Waals surface area contributed by atoms with Crippen LogP contribution in [0.2, 0.25) is 0 Å². The average molecular weight is 360 g/mol. The van der Waals surface area contributed by atoms with Crippen molar-refractivity contribution in [3.63, 3.8) is 0 Å². The summed E-state index contributed by atoms with van der Waals surface area (Å²) in [5, 5.41) is 5.23. The maximum Gasteiger partial charge on any atom is 0.270 e. The number of carbonyl (C=O) groups excluding carboxylic acids is 2. The molecule has 0 saturated heterocycles. The molecule has 1 aliphatic heterocycles. The van der Waals surface area contributed by atoms with Gasteiger partial charge in [-0.1, -0.05) is 42.5 Å². The Morgan fingerprint density at radius 2 is 1.74 bits per heavy atom. The van der Waals surface area contributed by atoms with E-state index in [1.165, 1.54) is 4.57 Å². The first-order valence-corrected chi connectivity index (χ1v) is 8.49. The van der Waals surface area contributed by atoms with Crippen LogP contribution in [-0.4, -0.2) is 32.1 Å². The molecule has 0 fully saturated rings. The van der Waals surface area contributed by atoms with Gasteiger partial charge in [0.25, 0.3) is 17.4 Å². The molecule has 7 heteroatoms. The zero-order valence-electron chi connectivity index (χ0n) is 14.6. The highest BCUT2D eigenvalue weighted by Crippen LogP contribution is 2.19. The Labute approximate surface area is 154 Å². The van der Waals surface area contributed by atoms with E-state index in [0.29, 0.717) is 28.0 Å². The van der Waals surface area contributed by atoms with Crippen molar-refractivity contribution in [1.82, 2.24) is 14.6 Å². The quantitative estimate of drug-likeness (QED) is 0.717. The number of hydrogen-bond acceptors (Lipinski definition) is 5. The van der Waals surface area contributed by atoms with Crippen LogP contribution in [-0.2, 0) is 16.1 Å². The molecule has 3 aromatic rings. The van der Waals surface area contributed by atoms with Crippen LogP contribution in [0.15, 0.2) is 64.5 Å². The normalized spacial score (nSPS) is 13.9. The fourth-order valence-corrected chi connectivity index (χ4v) is 3.07. The molecule has 2 aromatic carbocycles. The Morgan fingerprint density at radius 1 is 1.04 bits per heavy atom. The van der Waals surface area contributed by atoms with Gasteiger partial charge in [-0.2, -0.15) is 10.1 Å². The number of carbonyl (C=O) groups is 2. The predicted molar refractivity (Wildman–Crippen MR) is 101 cm³/mol. The summed E-state index contributed by atoms with van der Waals surface area (Å²) in [6.45, 7) is 1.37. The Bertz CT molecular complexity index is 1150. The summed E-state index contributed by atoms with van der Waals surface area (Å²) in [7, 11) is 0. The van der Waals surface area contributed by atoms with Crippen LogP contribution >= 0.6 is 0 Å². The summed E-state index contributed by atoms with van der Waals surface area (Å²) >= 11 is 0. The molecular formula is C20H16N4O3. The number of hydrogen-bond donors (Lipinski definition) is 0. The minimum Gasteiger partial charge on any atom is -0.282 e. The van der Waals surface area contributed by atoms with Gasteiger partial charge in [-0.05, 0) is 19.1 Å². The summed E-state index contributed by atoms with van der Waals surface area (Å²) in [5.74, 6) is -0.575. The van der Waals surface area contributed by atoms with E-state index in [9.17, 15) is 14.4 Å². The molecule has 2 heterocycles. The zero-order chi connectivity index (χ0) is 19.0. The molecule has 0 saturated carbocycles. The lowest BCUT2D eigenvalue weighted by Crippen LogP contribution is -2.35. The Kier molecular flexibility index (Phi) is 4.12. The Hall–Kier alpha value is -3.61. The Morgan fingerprint density at radius 3 is 2.44 bits per heavy atom. The minimum absolute atomic E-state index is 0.113. The van der Waals surface area contributed by atoms with Gasteiger partial charge in [0, 0.05) is 11.3 Å². The molecular weight excluding hydrogens is 344 g/mol. The zero-order valence-corrected chi connectivity index (χ0v) is 14.6. The molecule has 0 atom stereocenters. The van der Waals surface area contributed by atoms with Crippen molar-refractivity contribution in [2.24, 2.45) is 5.10 Å². The van der Waals surface area contributed by atoms with Crippen LogP contribution in [0.3, 0.4) is 0 Å². The first kappa shape index (κ1) is 16.8. The first-order valence-electron chi connectivity index (χ1n) is 8.49. The lowest BCUT2D eigenvalue weighted by atomic mass is 10.2. The van der Waals surface area contributed by atoms with Gasteiger partial charge < -0.3 is 0 Å². The van der Waals surface area contributed by atoms with E-state index < -0.39 is 5.91 Å². The van der Waals surface area contributed by atoms with Gasteiger partial charge in [0.05, 0.1) is 17.3 Å². The van der Waals surface area contributed by atoms with Crippen molar-refractivity contribution >= 4 is 28.4 Å². The summed E-state index contributed by atoms with van der Waals surface area (Å²) in [6.07, 6.45) is 0.113. The average Bonchev–Trinajstić information content (AvgIpc) is 3.03. The van der Waals surface area contributed by atoms with E-state index in [-0.39, 0.29) is 24.4 Å². The predicted octanol–water partition coefficient (Wildman–Crippen LogP) is 2.20. The van der Waals surface area contributed by atoms with E-state index in [1.54, 1.807) is 31.2 Å². The third-order valence-electron chi connectivity index (χ3n) is 4.34. The number of benzene rings is 2. The lowest BCUT2D eigenvalue weighted by Gasteiger charge is -2.15. The maximum atomic E-state index is 13.1. The van der Waals surface area contributed by atoms with E-state index in [4.69, 9.17) is 0 Å². The van der Waals surface area contributed by atoms with Crippen molar-refractivity contribution in [2.75, 3.05) is 0 Å². The monoisotopic (exact) mass is 360 g/mol. The molecule has 1 aliphatic rings. The molecule has 2 amide bonds. The molecule has 0 N–H and O–H groups in total. The fourth-order valence-electron chi connectivity index (χ4n) is 3.07. The van der Waals surface area contributed by atoms with Crippen LogP contribution in [0.1, 0.15) is 13.3 Å². The van der Waals surface area contributed by atoms with Crippen LogP contribution in [0.25, 0.3) is 22.3 Å². The molecule has 27 heavy (non-hydrogen) atoms. The number of nitrogens with zero attached hydrogens (tertiary/aromatic N) is 4. The highest BCUT2D eigenvalue weighted by Gasteiger charge is 2.28. The van der Waals surface area contributed by atoms with Gasteiger partial charge >= 0.3 is 0 Å². The summed E-state index contributed by atoms with van der Waals surface area (Å²) in [6, 6.07) is 16.1. The third-order valence-corrected chi connectivity index (χ3v) is 4.34. The van der Waals surface area contributed by atoms with Crippen molar-refractivity contribution in [2.45, 2.75) is 19.9 Å². The maximum absolute atomic E-state index is 13.1. The lowest BCUT2D eigenvalue weighted by molar-refractivity contribution is -0.143. The summed E-state index contributed by atoms with van der Waals surface area (Å²) in [5.41, 5.74) is 1.50. The number of rotatable bonds is 3. The van der Waals surface area contributed by atoms with Crippen molar-refractivity contribution < 1.29 is 9.59 Å². The topological polar surface area (TPSA) is 84.6 Å². The minimum atomic E-state index is -0.562. The SMILES string of the molecule is CC1=NN(C(=O)Cn2c(-c3ccccc3)nc3ccccc3c2=O)C(=O)C1. The number of fused-ring (bicyclic) bond motifs is 1. The van der Waals surface area contributed by atoms with Crippen molar-refractivity contribution in [3.8, 4) is 11.4 Å². The first-order chi connectivity index (χ1) is 13.0. The molecule has 0 bridgehead atoms. The molecule has 1 aromatic heterocycles. The largest absolute Gasteiger partial charge is 0.282 e. The van der Waals surface area contributed by atoms with Crippen molar-refractivity contribution in [3.05, 3.63) is 65.0 Å². The summed E-state index contributed by atoms with van der Waals surface area (Å²) in [4.78, 5) is 42.3. The number of aromatic nitrogens is 2. The number of amides is 2. The van der Waals surface area contributed by atoms with Gasteiger partial charge in [-0.25, -0.2) is 4.98 Å². The van der Waals surface area contributed by atoms with Crippen molar-refractivity contribution in [1.29, 1.82) is 0 Å². The highest BCUT2D eigenvalue weighted by atomic mass is 16.2. The fraction of sp³-hybridized carbons (Fsp3) is 0.150. The van der Waals surface area contributed by atoms with Crippen LogP contribution in [0.4, 0.5) is 0 Å². The molecule has 134 valence electrons. The summed E-state index contributed by atoms with van der Waals surface area (Å²) < 4.78 is 1.30. The van der Waals surface area contributed by atoms with Crippen LogP contribution in [0, 0.1) is 0 Å². The van der Waals surface area contributed by atoms with E-state index in [2.05, 4.69) is 10.1 Å². The third kappa shape index (κ3) is 3.03. The van der Waals surface area contributed by atoms with Gasteiger partial charge in [-0.3, -0.25) is 19.0 Å². The number of hydrazone groups is 1. The van der Waals surface area contributed by atoms with Gasteiger partial charge in [0.2, 0.25) is 0 Å². The molecule has 0 radical (unpaired) electrons. The van der Waals surface area contributed by atoms with Gasteiger partial charge in [0.1, 0.15) is 12.4 Å². The van der Waals surface area contributed by atoms with E-state index >= 15 is 0 Å². The highest BCUT2D eigenvalue weighted by molar-refractivity contribution is 6.10. The second kappa shape index (κ2) is 6.60. The van der Waals surface area contributed by atoms with Crippen LogP contribution < -0.4 is 5.56 Å². The van der Waals surface area contributed by atoms with E-state index in [1.807, 2.05) is 30.3 Å². The molecule has 0 spiro atoms. The van der Waals surface area contributed by atoms with Gasteiger partial charge in [-0.15, -0.1) is 0 Å². The van der Waals surface area contributed by atoms with Gasteiger partial charge in [0.15, 0.2) is 0 Å². The van der Waals surface area contributed by atoms with Crippen LogP contribution in [0.5, 0.6) is 0 Å². The second-order valence-corrected chi connectivity index (χ2v) is 6.32. The smallest absolute Gasteiger partial charge is 0.270 e. The Balaban J connectivity index is 1.86. The number of para-hydroxylation sites is 1. The standard InChI is InChI=1S/C20H16N4O3/c1-13-11-17(25)24(22-13)18(26)12-23-19(14-7-3-2-4-8-14)21-16-10-6-5-9-15(16)20(23)27/h2-10H,11-12H2,1H3. The molecule has 0 aliphatic carbocycles. The molecule has 4 rings (SSSR count). The molecule has 0 unspecified atom stereocenters.